The van der Waals surface area contributed by atoms with Crippen molar-refractivity contribution < 1.29 is 8.42 Å². The minimum atomic E-state index is -3.29. The first-order valence-corrected chi connectivity index (χ1v) is 12.0. The molecule has 158 valence electrons. The molecule has 2 aromatic rings. The fraction of sp³-hybridized carbons (Fsp3) is 0.478. The molecule has 1 aliphatic heterocycles. The summed E-state index contributed by atoms with van der Waals surface area (Å²) in [6.45, 7) is 6.00. The van der Waals surface area contributed by atoms with Crippen LogP contribution in [0.3, 0.4) is 0 Å². The number of fused-ring (bicyclic) bond motifs is 1. The monoisotopic (exact) mass is 415 g/mol. The smallest absolute Gasteiger partial charge is 0.211 e. The van der Waals surface area contributed by atoms with Crippen LogP contribution >= 0.6 is 0 Å². The summed E-state index contributed by atoms with van der Waals surface area (Å²) < 4.78 is 27.8. The Morgan fingerprint density at radius 2 is 1.69 bits per heavy atom. The molecule has 0 saturated carbocycles. The minimum absolute atomic E-state index is 0.00139. The normalized spacial score (nSPS) is 15.9. The predicted octanol–water partition coefficient (Wildman–Crippen LogP) is 3.43. The minimum Gasteiger partial charge on any atom is -0.378 e. The van der Waals surface area contributed by atoms with Gasteiger partial charge in [0.1, 0.15) is 0 Å². The lowest BCUT2D eigenvalue weighted by atomic mass is 9.96. The molecule has 0 unspecified atom stereocenters. The van der Waals surface area contributed by atoms with Gasteiger partial charge in [0.2, 0.25) is 10.0 Å². The van der Waals surface area contributed by atoms with Crippen LogP contribution in [0, 0.1) is 5.92 Å². The quantitative estimate of drug-likeness (QED) is 0.718. The molecule has 5 nitrogen and oxygen atoms in total. The lowest BCUT2D eigenvalue weighted by Gasteiger charge is -2.36. The third-order valence-electron chi connectivity index (χ3n) is 5.44. The number of hydrogen-bond donors (Lipinski definition) is 1. The van der Waals surface area contributed by atoms with Crippen molar-refractivity contribution in [2.24, 2.45) is 5.92 Å². The van der Waals surface area contributed by atoms with Crippen LogP contribution in [0.25, 0.3) is 0 Å². The lowest BCUT2D eigenvalue weighted by Crippen LogP contribution is -2.41. The molecule has 0 bridgehead atoms. The Kier molecular flexibility index (Phi) is 6.98. The second-order valence-electron chi connectivity index (χ2n) is 8.51. The molecule has 0 aromatic heterocycles. The van der Waals surface area contributed by atoms with Gasteiger partial charge < -0.3 is 4.90 Å². The van der Waals surface area contributed by atoms with Crippen molar-refractivity contribution in [3.8, 4) is 0 Å². The number of benzene rings is 2. The van der Waals surface area contributed by atoms with Gasteiger partial charge in [0, 0.05) is 45.5 Å². The van der Waals surface area contributed by atoms with E-state index in [9.17, 15) is 8.42 Å². The van der Waals surface area contributed by atoms with Crippen molar-refractivity contribution in [2.75, 3.05) is 37.8 Å². The molecule has 0 fully saturated rings. The van der Waals surface area contributed by atoms with Crippen molar-refractivity contribution in [1.82, 2.24) is 9.62 Å². The number of nitrogens with one attached hydrogen (secondary N) is 1. The summed E-state index contributed by atoms with van der Waals surface area (Å²) in [6, 6.07) is 17.0. The molecule has 1 aliphatic rings. The van der Waals surface area contributed by atoms with E-state index in [0.29, 0.717) is 6.54 Å². The Hall–Kier alpha value is -1.89. The highest BCUT2D eigenvalue weighted by molar-refractivity contribution is 7.89. The van der Waals surface area contributed by atoms with Crippen molar-refractivity contribution in [3.05, 3.63) is 65.2 Å². The molecule has 3 rings (SSSR count). The first kappa shape index (κ1) is 21.8. The molecule has 2 aromatic carbocycles. The van der Waals surface area contributed by atoms with Crippen LogP contribution in [0.5, 0.6) is 0 Å². The summed E-state index contributed by atoms with van der Waals surface area (Å²) in [7, 11) is 0.754. The average Bonchev–Trinajstić information content (AvgIpc) is 2.67. The van der Waals surface area contributed by atoms with E-state index in [1.165, 1.54) is 11.1 Å². The Labute approximate surface area is 175 Å². The zero-order chi connectivity index (χ0) is 21.0. The van der Waals surface area contributed by atoms with Crippen molar-refractivity contribution in [1.29, 1.82) is 0 Å². The number of anilines is 1. The van der Waals surface area contributed by atoms with E-state index in [1.54, 1.807) is 0 Å². The standard InChI is InChI=1S/C23H33N3O2S/c1-18(2)17-29(27,28)24-15-23(20-9-11-22(12-10-20)25(3)4)26-14-13-19-7-5-6-8-21(19)16-26/h5-12,18,23-24H,13-17H2,1-4H3/t23-/m0/s1. The van der Waals surface area contributed by atoms with Crippen LogP contribution in [0.2, 0.25) is 0 Å². The first-order valence-electron chi connectivity index (χ1n) is 10.3. The van der Waals surface area contributed by atoms with Crippen LogP contribution in [-0.4, -0.2) is 46.3 Å². The first-order chi connectivity index (χ1) is 13.7. The maximum absolute atomic E-state index is 12.5. The lowest BCUT2D eigenvalue weighted by molar-refractivity contribution is 0.180. The van der Waals surface area contributed by atoms with Crippen LogP contribution in [0.1, 0.15) is 36.6 Å². The van der Waals surface area contributed by atoms with Gasteiger partial charge in [-0.3, -0.25) is 4.90 Å². The van der Waals surface area contributed by atoms with Gasteiger partial charge in [-0.1, -0.05) is 50.2 Å². The fourth-order valence-electron chi connectivity index (χ4n) is 3.94. The van der Waals surface area contributed by atoms with Crippen LogP contribution in [0.15, 0.2) is 48.5 Å². The highest BCUT2D eigenvalue weighted by Gasteiger charge is 2.26. The van der Waals surface area contributed by atoms with Gasteiger partial charge in [-0.15, -0.1) is 0 Å². The highest BCUT2D eigenvalue weighted by atomic mass is 32.2. The molecular weight excluding hydrogens is 382 g/mol. The Morgan fingerprint density at radius 3 is 2.31 bits per heavy atom. The molecule has 6 heteroatoms. The average molecular weight is 416 g/mol. The Bertz CT molecular complexity index is 908. The third kappa shape index (κ3) is 5.81. The van der Waals surface area contributed by atoms with Crippen LogP contribution in [0.4, 0.5) is 5.69 Å². The number of nitrogens with zero attached hydrogens (tertiary/aromatic N) is 2. The van der Waals surface area contributed by atoms with Crippen molar-refractivity contribution in [3.63, 3.8) is 0 Å². The van der Waals surface area contributed by atoms with Gasteiger partial charge in [0.25, 0.3) is 0 Å². The molecule has 1 heterocycles. The van der Waals surface area contributed by atoms with E-state index in [-0.39, 0.29) is 17.7 Å². The highest BCUT2D eigenvalue weighted by Crippen LogP contribution is 2.29. The maximum Gasteiger partial charge on any atom is 0.211 e. The molecule has 1 atom stereocenters. The van der Waals surface area contributed by atoms with Gasteiger partial charge in [0.15, 0.2) is 0 Å². The summed E-state index contributed by atoms with van der Waals surface area (Å²) in [4.78, 5) is 4.46. The second kappa shape index (κ2) is 9.28. The molecule has 0 saturated heterocycles. The fourth-order valence-corrected chi connectivity index (χ4v) is 5.35. The number of rotatable bonds is 8. The number of sulfonamides is 1. The summed E-state index contributed by atoms with van der Waals surface area (Å²) in [5.41, 5.74) is 5.00. The largest absolute Gasteiger partial charge is 0.378 e. The predicted molar refractivity (Wildman–Crippen MR) is 121 cm³/mol. The van der Waals surface area contributed by atoms with Gasteiger partial charge in [0.05, 0.1) is 5.75 Å². The van der Waals surface area contributed by atoms with E-state index < -0.39 is 10.0 Å². The van der Waals surface area contributed by atoms with Crippen LogP contribution in [-0.2, 0) is 23.0 Å². The molecule has 0 amide bonds. The molecule has 0 aliphatic carbocycles. The summed E-state index contributed by atoms with van der Waals surface area (Å²) >= 11 is 0. The second-order valence-corrected chi connectivity index (χ2v) is 10.4. The van der Waals surface area contributed by atoms with Crippen molar-refractivity contribution >= 4 is 15.7 Å². The molecule has 0 radical (unpaired) electrons. The maximum atomic E-state index is 12.5. The Morgan fingerprint density at radius 1 is 1.03 bits per heavy atom. The van der Waals surface area contributed by atoms with E-state index in [4.69, 9.17) is 0 Å². The summed E-state index contributed by atoms with van der Waals surface area (Å²) in [6.07, 6.45) is 0.987. The van der Waals surface area contributed by atoms with E-state index in [0.717, 1.165) is 30.8 Å². The van der Waals surface area contributed by atoms with Gasteiger partial charge in [-0.05, 0) is 41.2 Å². The third-order valence-corrected chi connectivity index (χ3v) is 7.16. The zero-order valence-electron chi connectivity index (χ0n) is 17.9. The van der Waals surface area contributed by atoms with Gasteiger partial charge >= 0.3 is 0 Å². The molecule has 1 N–H and O–H groups in total. The summed E-state index contributed by atoms with van der Waals surface area (Å²) in [5.74, 6) is 0.259. The molecule has 0 spiro atoms. The Balaban J connectivity index is 1.83. The number of hydrogen-bond acceptors (Lipinski definition) is 4. The van der Waals surface area contributed by atoms with E-state index in [2.05, 4.69) is 63.1 Å². The molecule has 29 heavy (non-hydrogen) atoms. The van der Waals surface area contributed by atoms with Crippen molar-refractivity contribution in [2.45, 2.75) is 32.9 Å². The van der Waals surface area contributed by atoms with E-state index >= 15 is 0 Å². The SMILES string of the molecule is CC(C)CS(=O)(=O)NC[C@@H](c1ccc(N(C)C)cc1)N1CCc2ccccc2C1. The van der Waals surface area contributed by atoms with Crippen LogP contribution < -0.4 is 9.62 Å². The van der Waals surface area contributed by atoms with E-state index in [1.807, 2.05) is 27.9 Å². The topological polar surface area (TPSA) is 52.7 Å². The zero-order valence-corrected chi connectivity index (χ0v) is 18.7. The van der Waals surface area contributed by atoms with Gasteiger partial charge in [-0.2, -0.15) is 0 Å². The summed E-state index contributed by atoms with van der Waals surface area (Å²) in [5, 5.41) is 0. The molecular formula is C23H33N3O2S. The van der Waals surface area contributed by atoms with Gasteiger partial charge in [-0.25, -0.2) is 13.1 Å².